The van der Waals surface area contributed by atoms with E-state index in [1.165, 1.54) is 25.7 Å². The molecule has 1 aliphatic rings. The van der Waals surface area contributed by atoms with Crippen LogP contribution in [0.25, 0.3) is 0 Å². The van der Waals surface area contributed by atoms with Crippen LogP contribution in [0.1, 0.15) is 51.4 Å². The Morgan fingerprint density at radius 2 is 1.00 bits per heavy atom. The number of hydrogen-bond donors (Lipinski definition) is 2. The molecule has 0 heterocycles. The maximum atomic E-state index is 9.43. The molecular weight excluding hydrogens is 176 g/mol. The molecule has 0 aliphatic heterocycles. The molecule has 0 bridgehead atoms. The first kappa shape index (κ1) is 11.6. The predicted molar refractivity (Wildman–Crippen MR) is 56.7 cm³/mol. The van der Waals surface area contributed by atoms with Crippen LogP contribution in [-0.2, 0) is 0 Å². The largest absolute Gasteiger partial charge is 0.380 e. The van der Waals surface area contributed by atoms with Gasteiger partial charge in [-0.2, -0.15) is 0 Å². The summed E-state index contributed by atoms with van der Waals surface area (Å²) < 4.78 is 0. The zero-order chi connectivity index (χ0) is 10.2. The Hall–Kier alpha value is -0.520. The Kier molecular flexibility index (Phi) is 5.66. The minimum Gasteiger partial charge on any atom is -0.380 e. The molecule has 0 unspecified atom stereocenters. The van der Waals surface area contributed by atoms with E-state index in [0.29, 0.717) is 0 Å². The van der Waals surface area contributed by atoms with Crippen LogP contribution in [0.2, 0.25) is 0 Å². The number of aliphatic hydroxyl groups is 2. The SMILES string of the molecule is O[C@@H]1C#C[C@H](O)CCCCCCCC1. The molecule has 1 aliphatic carbocycles. The number of hydrogen-bond acceptors (Lipinski definition) is 2. The molecule has 0 fully saturated rings. The van der Waals surface area contributed by atoms with Crippen LogP contribution in [0.15, 0.2) is 0 Å². The van der Waals surface area contributed by atoms with E-state index in [1.807, 2.05) is 0 Å². The highest BCUT2D eigenvalue weighted by Gasteiger charge is 2.03. The number of rotatable bonds is 0. The molecule has 0 amide bonds. The fourth-order valence-electron chi connectivity index (χ4n) is 1.72. The molecule has 2 N–H and O–H groups in total. The second-order valence-electron chi connectivity index (χ2n) is 4.02. The van der Waals surface area contributed by atoms with Crippen molar-refractivity contribution in [2.45, 2.75) is 63.6 Å². The second-order valence-corrected chi connectivity index (χ2v) is 4.02. The van der Waals surface area contributed by atoms with Gasteiger partial charge < -0.3 is 10.2 Å². The molecule has 0 aromatic carbocycles. The van der Waals surface area contributed by atoms with Gasteiger partial charge in [-0.3, -0.25) is 0 Å². The average molecular weight is 196 g/mol. The van der Waals surface area contributed by atoms with E-state index in [9.17, 15) is 10.2 Å². The van der Waals surface area contributed by atoms with Gasteiger partial charge in [0.15, 0.2) is 0 Å². The summed E-state index contributed by atoms with van der Waals surface area (Å²) in [6, 6.07) is 0. The van der Waals surface area contributed by atoms with E-state index in [0.717, 1.165) is 25.7 Å². The summed E-state index contributed by atoms with van der Waals surface area (Å²) in [7, 11) is 0. The molecule has 0 radical (unpaired) electrons. The maximum Gasteiger partial charge on any atom is 0.114 e. The lowest BCUT2D eigenvalue weighted by Gasteiger charge is -2.07. The van der Waals surface area contributed by atoms with Crippen LogP contribution in [0.4, 0.5) is 0 Å². The van der Waals surface area contributed by atoms with E-state index in [4.69, 9.17) is 0 Å². The summed E-state index contributed by atoms with van der Waals surface area (Å²) in [5, 5.41) is 18.9. The van der Waals surface area contributed by atoms with Crippen molar-refractivity contribution in [2.24, 2.45) is 0 Å². The monoisotopic (exact) mass is 196 g/mol. The first-order valence-corrected chi connectivity index (χ1v) is 5.66. The van der Waals surface area contributed by atoms with Gasteiger partial charge in [-0.1, -0.05) is 37.5 Å². The van der Waals surface area contributed by atoms with E-state index < -0.39 is 12.2 Å². The van der Waals surface area contributed by atoms with Crippen molar-refractivity contribution >= 4 is 0 Å². The average Bonchev–Trinajstić information content (AvgIpc) is 2.17. The van der Waals surface area contributed by atoms with Gasteiger partial charge in [0.25, 0.3) is 0 Å². The third kappa shape index (κ3) is 5.26. The highest BCUT2D eigenvalue weighted by Crippen LogP contribution is 2.11. The van der Waals surface area contributed by atoms with Crippen molar-refractivity contribution < 1.29 is 10.2 Å². The van der Waals surface area contributed by atoms with Crippen molar-refractivity contribution in [3.63, 3.8) is 0 Å². The lowest BCUT2D eigenvalue weighted by Crippen LogP contribution is -2.07. The van der Waals surface area contributed by atoms with Gasteiger partial charge in [0.2, 0.25) is 0 Å². The van der Waals surface area contributed by atoms with Crippen LogP contribution < -0.4 is 0 Å². The van der Waals surface area contributed by atoms with E-state index in [-0.39, 0.29) is 0 Å². The van der Waals surface area contributed by atoms with Crippen molar-refractivity contribution in [3.8, 4) is 11.8 Å². The summed E-state index contributed by atoms with van der Waals surface area (Å²) in [5.74, 6) is 5.41. The zero-order valence-electron chi connectivity index (χ0n) is 8.71. The smallest absolute Gasteiger partial charge is 0.114 e. The van der Waals surface area contributed by atoms with Crippen molar-refractivity contribution in [1.82, 2.24) is 0 Å². The Morgan fingerprint density at radius 1 is 0.643 bits per heavy atom. The lowest BCUT2D eigenvalue weighted by molar-refractivity contribution is 0.204. The molecule has 80 valence electrons. The Balaban J connectivity index is 2.39. The molecular formula is C12H20O2. The second kappa shape index (κ2) is 6.86. The van der Waals surface area contributed by atoms with Gasteiger partial charge in [0.05, 0.1) is 0 Å². The van der Waals surface area contributed by atoms with E-state index in [1.54, 1.807) is 0 Å². The van der Waals surface area contributed by atoms with Crippen LogP contribution in [0.3, 0.4) is 0 Å². The molecule has 2 nitrogen and oxygen atoms in total. The van der Waals surface area contributed by atoms with Gasteiger partial charge in [-0.25, -0.2) is 0 Å². The molecule has 0 aromatic rings. The highest BCUT2D eigenvalue weighted by atomic mass is 16.3. The minimum atomic E-state index is -0.538. The van der Waals surface area contributed by atoms with Crippen LogP contribution >= 0.6 is 0 Å². The summed E-state index contributed by atoms with van der Waals surface area (Å²) in [6.45, 7) is 0. The first-order chi connectivity index (χ1) is 6.79. The van der Waals surface area contributed by atoms with Crippen molar-refractivity contribution in [3.05, 3.63) is 0 Å². The quantitative estimate of drug-likeness (QED) is 0.580. The maximum absolute atomic E-state index is 9.43. The normalized spacial score (nSPS) is 30.7. The lowest BCUT2D eigenvalue weighted by atomic mass is 10.0. The van der Waals surface area contributed by atoms with Crippen molar-refractivity contribution in [2.75, 3.05) is 0 Å². The minimum absolute atomic E-state index is 0.538. The predicted octanol–water partition coefficient (Wildman–Crippen LogP) is 1.85. The van der Waals surface area contributed by atoms with Gasteiger partial charge in [-0.15, -0.1) is 0 Å². The molecule has 14 heavy (non-hydrogen) atoms. The third-order valence-electron chi connectivity index (χ3n) is 2.62. The Labute approximate surface area is 86.3 Å². The fraction of sp³-hybridized carbons (Fsp3) is 0.833. The van der Waals surface area contributed by atoms with Gasteiger partial charge >= 0.3 is 0 Å². The molecule has 2 atom stereocenters. The molecule has 2 heteroatoms. The van der Waals surface area contributed by atoms with Gasteiger partial charge in [0, 0.05) is 0 Å². The third-order valence-corrected chi connectivity index (χ3v) is 2.62. The molecule has 0 saturated carbocycles. The van der Waals surface area contributed by atoms with E-state index in [2.05, 4.69) is 11.8 Å². The van der Waals surface area contributed by atoms with Gasteiger partial charge in [0.1, 0.15) is 12.2 Å². The summed E-state index contributed by atoms with van der Waals surface area (Å²) in [5.41, 5.74) is 0. The standard InChI is InChI=1S/C12H20O2/c13-11-7-5-3-1-2-4-6-8-12(14)10-9-11/h11-14H,1-8H2/t11-,12+. The van der Waals surface area contributed by atoms with Crippen LogP contribution in [0, 0.1) is 11.8 Å². The zero-order valence-corrected chi connectivity index (χ0v) is 8.71. The van der Waals surface area contributed by atoms with Crippen LogP contribution in [0.5, 0.6) is 0 Å². The Morgan fingerprint density at radius 3 is 1.43 bits per heavy atom. The number of aliphatic hydroxyl groups excluding tert-OH is 2. The van der Waals surface area contributed by atoms with Crippen molar-refractivity contribution in [1.29, 1.82) is 0 Å². The summed E-state index contributed by atoms with van der Waals surface area (Å²) in [6.07, 6.45) is 7.40. The van der Waals surface area contributed by atoms with Crippen LogP contribution in [-0.4, -0.2) is 22.4 Å². The summed E-state index contributed by atoms with van der Waals surface area (Å²) in [4.78, 5) is 0. The topological polar surface area (TPSA) is 40.5 Å². The first-order valence-electron chi connectivity index (χ1n) is 5.66. The molecule has 1 rings (SSSR count). The molecule has 0 aromatic heterocycles. The summed E-state index contributed by atoms with van der Waals surface area (Å²) >= 11 is 0. The fourth-order valence-corrected chi connectivity index (χ4v) is 1.72. The molecule has 0 spiro atoms. The highest BCUT2D eigenvalue weighted by molar-refractivity contribution is 5.08. The Bertz CT molecular complexity index is 182. The van der Waals surface area contributed by atoms with Gasteiger partial charge in [-0.05, 0) is 25.7 Å². The molecule has 0 saturated heterocycles. The van der Waals surface area contributed by atoms with E-state index >= 15 is 0 Å².